The lowest BCUT2D eigenvalue weighted by molar-refractivity contribution is 0.584. The van der Waals surface area contributed by atoms with Crippen molar-refractivity contribution >= 4 is 45.0 Å². The highest BCUT2D eigenvalue weighted by atomic mass is 35.5. The Morgan fingerprint density at radius 2 is 1.90 bits per heavy atom. The molecule has 0 radical (unpaired) electrons. The van der Waals surface area contributed by atoms with Crippen molar-refractivity contribution in [3.8, 4) is 0 Å². The van der Waals surface area contributed by atoms with Gasteiger partial charge in [0.05, 0.1) is 5.02 Å². The van der Waals surface area contributed by atoms with Gasteiger partial charge >= 0.3 is 0 Å². The van der Waals surface area contributed by atoms with Crippen LogP contribution >= 0.6 is 35.0 Å². The second-order valence-corrected chi connectivity index (χ2v) is 7.70. The Bertz CT molecular complexity index is 709. The van der Waals surface area contributed by atoms with Gasteiger partial charge in [-0.15, -0.1) is 11.8 Å². The van der Waals surface area contributed by atoms with Crippen LogP contribution in [0.2, 0.25) is 10.2 Å². The zero-order valence-electron chi connectivity index (χ0n) is 10.8. The van der Waals surface area contributed by atoms with Crippen molar-refractivity contribution in [3.05, 3.63) is 52.8 Å². The molecular formula is C13H12Cl2N2O2S2. The monoisotopic (exact) mass is 362 g/mol. The number of pyridine rings is 1. The molecule has 0 atom stereocenters. The maximum absolute atomic E-state index is 12.0. The molecule has 4 nitrogen and oxygen atoms in total. The van der Waals surface area contributed by atoms with E-state index in [0.717, 1.165) is 4.90 Å². The Balaban J connectivity index is 1.91. The molecule has 0 unspecified atom stereocenters. The Kier molecular flexibility index (Phi) is 5.89. The van der Waals surface area contributed by atoms with E-state index in [2.05, 4.69) is 9.71 Å². The molecule has 2 rings (SSSR count). The SMILES string of the molecule is O=S(=O)(NCCSc1ccccc1)c1cnc(Cl)c(Cl)c1. The van der Waals surface area contributed by atoms with E-state index in [-0.39, 0.29) is 15.1 Å². The van der Waals surface area contributed by atoms with Gasteiger partial charge in [0, 0.05) is 23.4 Å². The van der Waals surface area contributed by atoms with E-state index in [1.807, 2.05) is 30.3 Å². The van der Waals surface area contributed by atoms with Crippen LogP contribution in [0.5, 0.6) is 0 Å². The fourth-order valence-corrected chi connectivity index (χ4v) is 3.75. The summed E-state index contributed by atoms with van der Waals surface area (Å²) in [6, 6.07) is 11.0. The summed E-state index contributed by atoms with van der Waals surface area (Å²) in [5.74, 6) is 0.623. The summed E-state index contributed by atoms with van der Waals surface area (Å²) in [5, 5.41) is 0.188. The first kappa shape index (κ1) is 16.6. The molecule has 0 saturated carbocycles. The van der Waals surface area contributed by atoms with Crippen LogP contribution in [0.25, 0.3) is 0 Å². The number of nitrogens with zero attached hydrogens (tertiary/aromatic N) is 1. The second-order valence-electron chi connectivity index (χ2n) is 4.00. The number of hydrogen-bond donors (Lipinski definition) is 1. The van der Waals surface area contributed by atoms with Crippen molar-refractivity contribution in [2.45, 2.75) is 9.79 Å². The maximum Gasteiger partial charge on any atom is 0.242 e. The first-order valence-corrected chi connectivity index (χ1v) is 9.20. The van der Waals surface area contributed by atoms with Gasteiger partial charge in [0.1, 0.15) is 10.0 Å². The summed E-state index contributed by atoms with van der Waals surface area (Å²) in [6.07, 6.45) is 1.18. The molecular weight excluding hydrogens is 351 g/mol. The van der Waals surface area contributed by atoms with Gasteiger partial charge in [-0.2, -0.15) is 0 Å². The summed E-state index contributed by atoms with van der Waals surface area (Å²) >= 11 is 13.0. The number of rotatable bonds is 6. The zero-order chi connectivity index (χ0) is 15.3. The van der Waals surface area contributed by atoms with Gasteiger partial charge < -0.3 is 0 Å². The van der Waals surface area contributed by atoms with Gasteiger partial charge in [0.2, 0.25) is 10.0 Å². The van der Waals surface area contributed by atoms with Crippen LogP contribution in [0.1, 0.15) is 0 Å². The second kappa shape index (κ2) is 7.47. The number of sulfonamides is 1. The van der Waals surface area contributed by atoms with E-state index < -0.39 is 10.0 Å². The molecule has 2 aromatic rings. The van der Waals surface area contributed by atoms with Gasteiger partial charge in [-0.3, -0.25) is 0 Å². The Hall–Kier alpha value is -0.790. The summed E-state index contributed by atoms with van der Waals surface area (Å²) < 4.78 is 26.6. The molecule has 0 amide bonds. The van der Waals surface area contributed by atoms with Gasteiger partial charge in [-0.25, -0.2) is 18.1 Å². The predicted octanol–water partition coefficient (Wildman–Crippen LogP) is 3.46. The lowest BCUT2D eigenvalue weighted by Gasteiger charge is -2.07. The third-order valence-electron chi connectivity index (χ3n) is 2.49. The first-order chi connectivity index (χ1) is 9.99. The molecule has 0 aliphatic rings. The number of halogens is 2. The van der Waals surface area contributed by atoms with Crippen molar-refractivity contribution in [3.63, 3.8) is 0 Å². The summed E-state index contributed by atoms with van der Waals surface area (Å²) in [7, 11) is -3.62. The van der Waals surface area contributed by atoms with E-state index in [0.29, 0.717) is 12.3 Å². The molecule has 21 heavy (non-hydrogen) atoms. The van der Waals surface area contributed by atoms with Crippen LogP contribution in [0.15, 0.2) is 52.4 Å². The normalized spacial score (nSPS) is 11.5. The molecule has 0 saturated heterocycles. The molecule has 1 heterocycles. The van der Waals surface area contributed by atoms with Crippen molar-refractivity contribution in [2.75, 3.05) is 12.3 Å². The average Bonchev–Trinajstić information content (AvgIpc) is 2.47. The first-order valence-electron chi connectivity index (χ1n) is 5.97. The van der Waals surface area contributed by atoms with E-state index in [1.54, 1.807) is 11.8 Å². The topological polar surface area (TPSA) is 59.1 Å². The van der Waals surface area contributed by atoms with E-state index in [4.69, 9.17) is 23.2 Å². The van der Waals surface area contributed by atoms with Crippen LogP contribution in [0.4, 0.5) is 0 Å². The fourth-order valence-electron chi connectivity index (χ4n) is 1.50. The number of nitrogens with one attached hydrogen (secondary N) is 1. The standard InChI is InChI=1S/C13H12Cl2N2O2S2/c14-12-8-11(9-16-13(12)15)21(18,19)17-6-7-20-10-4-2-1-3-5-10/h1-5,8-9,17H,6-7H2. The highest BCUT2D eigenvalue weighted by Crippen LogP contribution is 2.22. The predicted molar refractivity (Wildman–Crippen MR) is 86.6 cm³/mol. The van der Waals surface area contributed by atoms with Crippen LogP contribution in [-0.2, 0) is 10.0 Å². The van der Waals surface area contributed by atoms with Gasteiger partial charge in [-0.05, 0) is 18.2 Å². The van der Waals surface area contributed by atoms with Crippen LogP contribution in [0, 0.1) is 0 Å². The van der Waals surface area contributed by atoms with Gasteiger partial charge in [-0.1, -0.05) is 41.4 Å². The number of benzene rings is 1. The van der Waals surface area contributed by atoms with Crippen LogP contribution in [-0.4, -0.2) is 25.7 Å². The summed E-state index contributed by atoms with van der Waals surface area (Å²) in [6.45, 7) is 0.308. The number of thioether (sulfide) groups is 1. The van der Waals surface area contributed by atoms with Crippen LogP contribution in [0.3, 0.4) is 0 Å². The molecule has 0 bridgehead atoms. The summed E-state index contributed by atoms with van der Waals surface area (Å²) in [5.41, 5.74) is 0. The average molecular weight is 363 g/mol. The maximum atomic E-state index is 12.0. The molecule has 1 aromatic heterocycles. The smallest absolute Gasteiger partial charge is 0.242 e. The Labute approximate surface area is 137 Å². The molecule has 0 aliphatic carbocycles. The number of aromatic nitrogens is 1. The lowest BCUT2D eigenvalue weighted by atomic mass is 10.4. The molecule has 112 valence electrons. The highest BCUT2D eigenvalue weighted by molar-refractivity contribution is 7.99. The molecule has 0 aliphatic heterocycles. The molecule has 1 aromatic carbocycles. The van der Waals surface area contributed by atoms with E-state index in [9.17, 15) is 8.42 Å². The van der Waals surface area contributed by atoms with Crippen LogP contribution < -0.4 is 4.72 Å². The van der Waals surface area contributed by atoms with Gasteiger partial charge in [0.25, 0.3) is 0 Å². The molecule has 8 heteroatoms. The largest absolute Gasteiger partial charge is 0.242 e. The third kappa shape index (κ3) is 4.86. The quantitative estimate of drug-likeness (QED) is 0.485. The highest BCUT2D eigenvalue weighted by Gasteiger charge is 2.15. The molecule has 0 spiro atoms. The van der Waals surface area contributed by atoms with Gasteiger partial charge in [0.15, 0.2) is 0 Å². The van der Waals surface area contributed by atoms with Crippen molar-refractivity contribution in [1.82, 2.24) is 9.71 Å². The number of hydrogen-bond acceptors (Lipinski definition) is 4. The minimum absolute atomic E-state index is 0.00149. The van der Waals surface area contributed by atoms with Crippen molar-refractivity contribution in [1.29, 1.82) is 0 Å². The van der Waals surface area contributed by atoms with Crippen molar-refractivity contribution in [2.24, 2.45) is 0 Å². The lowest BCUT2D eigenvalue weighted by Crippen LogP contribution is -2.26. The van der Waals surface area contributed by atoms with E-state index >= 15 is 0 Å². The minimum Gasteiger partial charge on any atom is -0.242 e. The molecule has 0 fully saturated rings. The Morgan fingerprint density at radius 1 is 1.19 bits per heavy atom. The minimum atomic E-state index is -3.62. The third-order valence-corrected chi connectivity index (χ3v) is 5.62. The van der Waals surface area contributed by atoms with E-state index in [1.165, 1.54) is 12.3 Å². The zero-order valence-corrected chi connectivity index (χ0v) is 13.9. The Morgan fingerprint density at radius 3 is 2.57 bits per heavy atom. The molecule has 1 N–H and O–H groups in total. The summed E-state index contributed by atoms with van der Waals surface area (Å²) in [4.78, 5) is 4.82. The fraction of sp³-hybridized carbons (Fsp3) is 0.154. The van der Waals surface area contributed by atoms with Crippen molar-refractivity contribution < 1.29 is 8.42 Å².